The maximum absolute atomic E-state index is 11.6. The van der Waals surface area contributed by atoms with Crippen molar-refractivity contribution in [2.75, 3.05) is 20.3 Å². The fraction of sp³-hybridized carbons (Fsp3) is 0.160. The minimum atomic E-state index is -0.406. The Hall–Kier alpha value is -3.78. The van der Waals surface area contributed by atoms with Gasteiger partial charge in [-0.2, -0.15) is 5.10 Å². The summed E-state index contributed by atoms with van der Waals surface area (Å²) in [5, 5.41) is 8.49. The van der Waals surface area contributed by atoms with Crippen LogP contribution in [-0.4, -0.2) is 37.7 Å². The van der Waals surface area contributed by atoms with Crippen LogP contribution in [0.2, 0.25) is 0 Å². The fourth-order valence-corrected chi connectivity index (χ4v) is 3.36. The number of carbonyl (C=O) groups is 1. The van der Waals surface area contributed by atoms with E-state index in [9.17, 15) is 4.79 Å². The third kappa shape index (κ3) is 8.34. The van der Waals surface area contributed by atoms with Gasteiger partial charge < -0.3 is 19.9 Å². The average molecular weight is 464 g/mol. The number of methoxy groups -OCH3 is 1. The number of amidine groups is 1. The molecular weight excluding hydrogens is 438 g/mol. The van der Waals surface area contributed by atoms with E-state index in [1.165, 1.54) is 24.4 Å². The fourth-order valence-electron chi connectivity index (χ4n) is 2.75. The Labute approximate surface area is 197 Å². The second-order valence-corrected chi connectivity index (χ2v) is 7.74. The van der Waals surface area contributed by atoms with Gasteiger partial charge in [0.1, 0.15) is 24.7 Å². The molecule has 0 radical (unpaired) electrons. The maximum atomic E-state index is 11.6. The highest BCUT2D eigenvalue weighted by atomic mass is 32.2. The summed E-state index contributed by atoms with van der Waals surface area (Å²) >= 11 is 1.43. The van der Waals surface area contributed by atoms with Gasteiger partial charge in [-0.25, -0.2) is 4.79 Å². The molecule has 0 bridgehead atoms. The molecule has 8 heteroatoms. The van der Waals surface area contributed by atoms with Crippen molar-refractivity contribution in [1.82, 2.24) is 0 Å². The molecule has 0 saturated heterocycles. The molecule has 7 nitrogen and oxygen atoms in total. The Balaban J connectivity index is 1.44. The highest BCUT2D eigenvalue weighted by Gasteiger charge is 2.06. The predicted molar refractivity (Wildman–Crippen MR) is 132 cm³/mol. The first-order chi connectivity index (χ1) is 16.1. The highest BCUT2D eigenvalue weighted by Crippen LogP contribution is 2.16. The number of hydrogen-bond acceptors (Lipinski definition) is 7. The molecule has 0 saturated carbocycles. The average Bonchev–Trinajstić information content (AvgIpc) is 2.86. The van der Waals surface area contributed by atoms with Gasteiger partial charge in [0.25, 0.3) is 0 Å². The van der Waals surface area contributed by atoms with Crippen molar-refractivity contribution in [3.05, 3.63) is 95.6 Å². The van der Waals surface area contributed by atoms with Crippen LogP contribution in [0.15, 0.2) is 89.1 Å². The first-order valence-corrected chi connectivity index (χ1v) is 11.2. The Morgan fingerprint density at radius 2 is 1.64 bits per heavy atom. The lowest BCUT2D eigenvalue weighted by atomic mass is 10.2. The van der Waals surface area contributed by atoms with Crippen molar-refractivity contribution in [1.29, 1.82) is 0 Å². The Kier molecular flexibility index (Phi) is 9.35. The van der Waals surface area contributed by atoms with Crippen molar-refractivity contribution in [2.45, 2.75) is 5.75 Å². The molecule has 0 heterocycles. The van der Waals surface area contributed by atoms with E-state index in [4.69, 9.17) is 19.9 Å². The van der Waals surface area contributed by atoms with Gasteiger partial charge in [0.15, 0.2) is 5.17 Å². The monoisotopic (exact) mass is 463 g/mol. The molecule has 0 aliphatic carbocycles. The van der Waals surface area contributed by atoms with Gasteiger partial charge >= 0.3 is 5.97 Å². The van der Waals surface area contributed by atoms with Crippen LogP contribution < -0.4 is 15.2 Å². The van der Waals surface area contributed by atoms with E-state index in [1.54, 1.807) is 30.5 Å². The van der Waals surface area contributed by atoms with Crippen LogP contribution in [0, 0.1) is 0 Å². The molecule has 3 aromatic rings. The van der Waals surface area contributed by atoms with Crippen LogP contribution >= 0.6 is 11.8 Å². The second-order valence-electron chi connectivity index (χ2n) is 6.75. The lowest BCUT2D eigenvalue weighted by Crippen LogP contribution is -2.09. The molecule has 0 atom stereocenters. The number of esters is 1. The third-order valence-corrected chi connectivity index (χ3v) is 5.18. The smallest absolute Gasteiger partial charge is 0.337 e. The second kappa shape index (κ2) is 12.9. The number of carbonyl (C=O) groups excluding carboxylic acids is 1. The number of benzene rings is 3. The van der Waals surface area contributed by atoms with Gasteiger partial charge in [0.05, 0.1) is 18.9 Å². The van der Waals surface area contributed by atoms with E-state index in [1.807, 2.05) is 54.6 Å². The van der Waals surface area contributed by atoms with E-state index in [2.05, 4.69) is 10.2 Å². The molecule has 0 unspecified atom stereocenters. The minimum Gasteiger partial charge on any atom is -0.490 e. The van der Waals surface area contributed by atoms with Crippen molar-refractivity contribution >= 4 is 29.1 Å². The molecular formula is C25H25N3O4S. The summed E-state index contributed by atoms with van der Waals surface area (Å²) in [4.78, 5) is 11.6. The van der Waals surface area contributed by atoms with E-state index in [0.717, 1.165) is 11.3 Å². The van der Waals surface area contributed by atoms with Gasteiger partial charge in [-0.1, -0.05) is 60.3 Å². The van der Waals surface area contributed by atoms with Gasteiger partial charge in [0.2, 0.25) is 0 Å². The predicted octanol–water partition coefficient (Wildman–Crippen LogP) is 4.51. The number of ether oxygens (including phenoxy) is 3. The van der Waals surface area contributed by atoms with Crippen LogP contribution in [0.1, 0.15) is 21.5 Å². The molecule has 2 N–H and O–H groups in total. The van der Waals surface area contributed by atoms with Crippen LogP contribution in [0.25, 0.3) is 0 Å². The molecule has 33 heavy (non-hydrogen) atoms. The summed E-state index contributed by atoms with van der Waals surface area (Å²) in [5.41, 5.74) is 8.36. The first kappa shape index (κ1) is 23.9. The number of nitrogens with zero attached hydrogens (tertiary/aromatic N) is 2. The summed E-state index contributed by atoms with van der Waals surface area (Å²) < 4.78 is 16.1. The van der Waals surface area contributed by atoms with Gasteiger partial charge in [-0.15, -0.1) is 5.10 Å². The van der Waals surface area contributed by atoms with E-state index >= 15 is 0 Å². The highest BCUT2D eigenvalue weighted by molar-refractivity contribution is 8.13. The van der Waals surface area contributed by atoms with E-state index in [-0.39, 0.29) is 0 Å². The number of hydrogen-bond donors (Lipinski definition) is 1. The van der Waals surface area contributed by atoms with Crippen molar-refractivity contribution in [3.63, 3.8) is 0 Å². The SMILES string of the molecule is COC(=O)c1cccc(OCCOc2cccc(C=NN=C(N)SCc3ccccc3)c2)c1. The number of nitrogens with two attached hydrogens (primary N) is 1. The van der Waals surface area contributed by atoms with Gasteiger partial charge in [0, 0.05) is 5.75 Å². The lowest BCUT2D eigenvalue weighted by molar-refractivity contribution is 0.0600. The first-order valence-electron chi connectivity index (χ1n) is 10.2. The topological polar surface area (TPSA) is 95.5 Å². The Morgan fingerprint density at radius 3 is 2.36 bits per heavy atom. The normalized spacial score (nSPS) is 11.4. The van der Waals surface area contributed by atoms with E-state index < -0.39 is 5.97 Å². The van der Waals surface area contributed by atoms with E-state index in [0.29, 0.717) is 35.4 Å². The van der Waals surface area contributed by atoms with Gasteiger partial charge in [-0.3, -0.25) is 0 Å². The third-order valence-electron chi connectivity index (χ3n) is 4.33. The Morgan fingerprint density at radius 1 is 0.939 bits per heavy atom. The Bertz CT molecular complexity index is 1100. The van der Waals surface area contributed by atoms with Crippen molar-refractivity contribution < 1.29 is 19.0 Å². The minimum absolute atomic E-state index is 0.322. The summed E-state index contributed by atoms with van der Waals surface area (Å²) in [6, 6.07) is 24.3. The van der Waals surface area contributed by atoms with Crippen LogP contribution in [0.3, 0.4) is 0 Å². The summed E-state index contributed by atoms with van der Waals surface area (Å²) in [6.45, 7) is 0.659. The zero-order chi connectivity index (χ0) is 23.3. The number of thioether (sulfide) groups is 1. The van der Waals surface area contributed by atoms with Crippen LogP contribution in [-0.2, 0) is 10.5 Å². The molecule has 0 aliphatic heterocycles. The molecule has 0 spiro atoms. The summed E-state index contributed by atoms with van der Waals surface area (Å²) in [5.74, 6) is 1.59. The van der Waals surface area contributed by atoms with Crippen molar-refractivity contribution in [2.24, 2.45) is 15.9 Å². The molecule has 0 aliphatic rings. The zero-order valence-corrected chi connectivity index (χ0v) is 19.0. The molecule has 3 aromatic carbocycles. The molecule has 0 aromatic heterocycles. The van der Waals surface area contributed by atoms with Crippen molar-refractivity contribution in [3.8, 4) is 11.5 Å². The largest absolute Gasteiger partial charge is 0.490 e. The lowest BCUT2D eigenvalue weighted by Gasteiger charge is -2.09. The molecule has 3 rings (SSSR count). The summed E-state index contributed by atoms with van der Waals surface area (Å²) in [7, 11) is 1.34. The number of rotatable bonds is 10. The quantitative estimate of drug-likeness (QED) is 0.156. The zero-order valence-electron chi connectivity index (χ0n) is 18.2. The molecule has 170 valence electrons. The molecule has 0 amide bonds. The molecule has 0 fully saturated rings. The van der Waals surface area contributed by atoms with Crippen LogP contribution in [0.5, 0.6) is 11.5 Å². The maximum Gasteiger partial charge on any atom is 0.337 e. The standard InChI is InChI=1S/C25H25N3O4S/c1-30-24(29)21-10-6-12-23(16-21)32-14-13-31-22-11-5-9-20(15-22)17-27-28-25(26)33-18-19-7-3-2-4-8-19/h2-12,15-17H,13-14,18H2,1H3,(H2,26,28). The summed E-state index contributed by atoms with van der Waals surface area (Å²) in [6.07, 6.45) is 1.62. The van der Waals surface area contributed by atoms with Crippen LogP contribution in [0.4, 0.5) is 0 Å². The van der Waals surface area contributed by atoms with Gasteiger partial charge in [-0.05, 0) is 41.5 Å².